The normalized spacial score (nSPS) is 13.9. The zero-order valence-corrected chi connectivity index (χ0v) is 24.6. The highest BCUT2D eigenvalue weighted by atomic mass is 16.3. The molecule has 2 unspecified atom stereocenters. The molecule has 0 radical (unpaired) electrons. The monoisotopic (exact) mass is 578 g/mol. The van der Waals surface area contributed by atoms with Crippen molar-refractivity contribution in [3.8, 4) is 69.6 Å². The fraction of sp³-hybridized carbons (Fsp3) is 0.0698. The molecule has 0 saturated carbocycles. The number of benzene rings is 6. The molecule has 6 aromatic carbocycles. The lowest BCUT2D eigenvalue weighted by Gasteiger charge is -2.42. The van der Waals surface area contributed by atoms with E-state index in [0.717, 1.165) is 55.6 Å². The van der Waals surface area contributed by atoms with Crippen LogP contribution in [0.5, 0.6) is 11.5 Å². The van der Waals surface area contributed by atoms with Crippen molar-refractivity contribution in [3.05, 3.63) is 168 Å². The minimum Gasteiger partial charge on any atom is -0.508 e. The van der Waals surface area contributed by atoms with Gasteiger partial charge in [-0.2, -0.15) is 0 Å². The van der Waals surface area contributed by atoms with Crippen LogP contribution in [0.1, 0.15) is 34.1 Å². The van der Waals surface area contributed by atoms with E-state index in [1.807, 2.05) is 24.3 Å². The molecule has 0 bridgehead atoms. The van der Waals surface area contributed by atoms with Crippen molar-refractivity contribution in [1.82, 2.24) is 0 Å². The molecule has 0 heterocycles. The molecule has 0 fully saturated rings. The fourth-order valence-corrected chi connectivity index (χ4v) is 7.12. The number of hydrogen-bond acceptors (Lipinski definition) is 2. The molecule has 45 heavy (non-hydrogen) atoms. The summed E-state index contributed by atoms with van der Waals surface area (Å²) in [5.41, 5.74) is 9.92. The maximum Gasteiger partial charge on any atom is 0.115 e. The van der Waals surface area contributed by atoms with Crippen molar-refractivity contribution < 1.29 is 10.2 Å². The maximum absolute atomic E-state index is 9.77. The fourth-order valence-electron chi connectivity index (χ4n) is 7.12. The molecule has 6 aromatic rings. The molecule has 2 nitrogen and oxygen atoms in total. The first-order valence-electron chi connectivity index (χ1n) is 14.9. The summed E-state index contributed by atoms with van der Waals surface area (Å²) in [7, 11) is 0. The van der Waals surface area contributed by atoms with Crippen LogP contribution in [0.4, 0.5) is 0 Å². The van der Waals surface area contributed by atoms with Crippen molar-refractivity contribution in [1.29, 1.82) is 0 Å². The molecule has 1 aliphatic carbocycles. The second-order valence-electron chi connectivity index (χ2n) is 11.5. The highest BCUT2D eigenvalue weighted by Crippen LogP contribution is 2.61. The standard InChI is InChI=1S/C43H30O2/c1-3-39(33-17-13-29(14-18-33)31-21-25-35(44)26-22-31)43(41-11-7-5-9-37(41)38-10-6-8-12-42(38)43)40(4-2)34-19-15-30(16-20-34)32-23-27-36(45)28-24-32/h1-2,5-28,39-40,44-45H. The minimum absolute atomic E-state index is 0.236. The summed E-state index contributed by atoms with van der Waals surface area (Å²) in [5.74, 6) is 6.16. The highest BCUT2D eigenvalue weighted by molar-refractivity contribution is 5.84. The Balaban J connectivity index is 1.41. The van der Waals surface area contributed by atoms with Crippen LogP contribution in [0, 0.1) is 24.7 Å². The number of phenolic OH excluding ortho intramolecular Hbond substituents is 2. The minimum atomic E-state index is -0.739. The third kappa shape index (κ3) is 4.56. The summed E-state index contributed by atoms with van der Waals surface area (Å²) in [6.45, 7) is 0. The van der Waals surface area contributed by atoms with Gasteiger partial charge in [-0.3, -0.25) is 0 Å². The van der Waals surface area contributed by atoms with Gasteiger partial charge in [0.1, 0.15) is 11.5 Å². The summed E-state index contributed by atoms with van der Waals surface area (Å²) in [6, 6.07) is 48.2. The third-order valence-electron chi connectivity index (χ3n) is 9.17. The molecule has 2 N–H and O–H groups in total. The van der Waals surface area contributed by atoms with E-state index in [0.29, 0.717) is 0 Å². The van der Waals surface area contributed by atoms with Crippen LogP contribution in [0.3, 0.4) is 0 Å². The van der Waals surface area contributed by atoms with Gasteiger partial charge in [0.25, 0.3) is 0 Å². The Morgan fingerprint density at radius 3 is 1.07 bits per heavy atom. The van der Waals surface area contributed by atoms with Crippen LogP contribution in [0.2, 0.25) is 0 Å². The highest BCUT2D eigenvalue weighted by Gasteiger charge is 2.53. The van der Waals surface area contributed by atoms with Gasteiger partial charge >= 0.3 is 0 Å². The van der Waals surface area contributed by atoms with Gasteiger partial charge in [0.05, 0.1) is 17.3 Å². The lowest BCUT2D eigenvalue weighted by Crippen LogP contribution is -2.38. The Morgan fingerprint density at radius 1 is 0.422 bits per heavy atom. The Hall–Kier alpha value is -5.96. The Labute approximate surface area is 264 Å². The quantitative estimate of drug-likeness (QED) is 0.193. The molecule has 0 saturated heterocycles. The van der Waals surface area contributed by atoms with Gasteiger partial charge in [-0.05, 0) is 79.9 Å². The number of aromatic hydroxyl groups is 2. The van der Waals surface area contributed by atoms with E-state index in [-0.39, 0.29) is 23.3 Å². The van der Waals surface area contributed by atoms with E-state index in [1.54, 1.807) is 24.3 Å². The molecule has 2 atom stereocenters. The lowest BCUT2D eigenvalue weighted by molar-refractivity contribution is 0.444. The van der Waals surface area contributed by atoms with Gasteiger partial charge in [0, 0.05) is 0 Å². The zero-order valence-electron chi connectivity index (χ0n) is 24.6. The van der Waals surface area contributed by atoms with Gasteiger partial charge in [-0.15, -0.1) is 12.8 Å². The molecule has 7 rings (SSSR count). The van der Waals surface area contributed by atoms with Crippen molar-refractivity contribution in [2.75, 3.05) is 0 Å². The third-order valence-corrected chi connectivity index (χ3v) is 9.17. The Kier molecular flexibility index (Phi) is 6.98. The molecule has 214 valence electrons. The lowest BCUT2D eigenvalue weighted by atomic mass is 9.58. The molecular formula is C43H30O2. The summed E-state index contributed by atoms with van der Waals surface area (Å²) < 4.78 is 0. The van der Waals surface area contributed by atoms with Crippen LogP contribution in [0.25, 0.3) is 33.4 Å². The second kappa shape index (κ2) is 11.3. The molecule has 0 spiro atoms. The van der Waals surface area contributed by atoms with Crippen LogP contribution >= 0.6 is 0 Å². The van der Waals surface area contributed by atoms with Gasteiger partial charge in [0.2, 0.25) is 0 Å². The van der Waals surface area contributed by atoms with E-state index < -0.39 is 5.41 Å². The van der Waals surface area contributed by atoms with Crippen molar-refractivity contribution in [3.63, 3.8) is 0 Å². The average Bonchev–Trinajstić information content (AvgIpc) is 3.38. The SMILES string of the molecule is C#CC(c1ccc(-c2ccc(O)cc2)cc1)C1(C(C#C)c2ccc(-c3ccc(O)cc3)cc2)c2ccccc2-c2ccccc21. The summed E-state index contributed by atoms with van der Waals surface area (Å²) >= 11 is 0. The van der Waals surface area contributed by atoms with Gasteiger partial charge in [-0.25, -0.2) is 0 Å². The first-order chi connectivity index (χ1) is 22.0. The number of fused-ring (bicyclic) bond motifs is 3. The van der Waals surface area contributed by atoms with Crippen LogP contribution in [-0.2, 0) is 5.41 Å². The molecule has 0 aliphatic heterocycles. The van der Waals surface area contributed by atoms with E-state index >= 15 is 0 Å². The van der Waals surface area contributed by atoms with Crippen molar-refractivity contribution in [2.45, 2.75) is 17.3 Å². The molecular weight excluding hydrogens is 548 g/mol. The summed E-state index contributed by atoms with van der Waals surface area (Å²) in [6.07, 6.45) is 13.1. The van der Waals surface area contributed by atoms with Gasteiger partial charge in [-0.1, -0.05) is 133 Å². The molecule has 0 aromatic heterocycles. The average molecular weight is 579 g/mol. The van der Waals surface area contributed by atoms with Gasteiger partial charge < -0.3 is 10.2 Å². The number of phenols is 2. The summed E-state index contributed by atoms with van der Waals surface area (Å²) in [5, 5.41) is 19.5. The van der Waals surface area contributed by atoms with Crippen molar-refractivity contribution >= 4 is 0 Å². The first kappa shape index (κ1) is 27.8. The predicted molar refractivity (Wildman–Crippen MR) is 183 cm³/mol. The number of terminal acetylenes is 2. The topological polar surface area (TPSA) is 40.5 Å². The molecule has 2 heteroatoms. The second-order valence-corrected chi connectivity index (χ2v) is 11.5. The largest absolute Gasteiger partial charge is 0.508 e. The molecule has 1 aliphatic rings. The van der Waals surface area contributed by atoms with Crippen LogP contribution < -0.4 is 0 Å². The van der Waals surface area contributed by atoms with E-state index in [1.165, 1.54) is 0 Å². The van der Waals surface area contributed by atoms with Crippen molar-refractivity contribution in [2.24, 2.45) is 0 Å². The molecule has 0 amide bonds. The van der Waals surface area contributed by atoms with E-state index in [9.17, 15) is 10.2 Å². The van der Waals surface area contributed by atoms with Crippen LogP contribution in [-0.4, -0.2) is 10.2 Å². The van der Waals surface area contributed by atoms with E-state index in [4.69, 9.17) is 12.8 Å². The van der Waals surface area contributed by atoms with Gasteiger partial charge in [0.15, 0.2) is 0 Å². The number of rotatable bonds is 6. The van der Waals surface area contributed by atoms with E-state index in [2.05, 4.69) is 109 Å². The Bertz CT molecular complexity index is 1920. The Morgan fingerprint density at radius 2 is 0.733 bits per heavy atom. The van der Waals surface area contributed by atoms with Crippen LogP contribution in [0.15, 0.2) is 146 Å². The first-order valence-corrected chi connectivity index (χ1v) is 14.9. The number of hydrogen-bond donors (Lipinski definition) is 2. The smallest absolute Gasteiger partial charge is 0.115 e. The zero-order chi connectivity index (χ0) is 31.0. The summed E-state index contributed by atoms with van der Waals surface area (Å²) in [4.78, 5) is 0. The maximum atomic E-state index is 9.77. The predicted octanol–water partition coefficient (Wildman–Crippen LogP) is 9.53.